The number of amides is 1. The second kappa shape index (κ2) is 8.33. The molecule has 1 aromatic carbocycles. The summed E-state index contributed by atoms with van der Waals surface area (Å²) in [6.07, 6.45) is 0.294. The number of hydrogen-bond acceptors (Lipinski definition) is 4. The summed E-state index contributed by atoms with van der Waals surface area (Å²) >= 11 is 17.6. The maximum Gasteiger partial charge on any atom is 0.311 e. The predicted molar refractivity (Wildman–Crippen MR) is 93.6 cm³/mol. The predicted octanol–water partition coefficient (Wildman–Crippen LogP) is 4.15. The van der Waals surface area contributed by atoms with Crippen LogP contribution in [0.25, 0.3) is 0 Å². The molecule has 0 aliphatic rings. The normalized spacial score (nSPS) is 11.7. The first kappa shape index (κ1) is 18.5. The van der Waals surface area contributed by atoms with Crippen molar-refractivity contribution in [2.75, 3.05) is 5.32 Å². The molecule has 0 bridgehead atoms. The number of nitrogens with zero attached hydrogens (tertiary/aromatic N) is 1. The van der Waals surface area contributed by atoms with E-state index in [9.17, 15) is 9.59 Å². The number of carbonyl (C=O) groups is 2. The Labute approximate surface area is 153 Å². The van der Waals surface area contributed by atoms with Gasteiger partial charge in [0, 0.05) is 11.2 Å². The van der Waals surface area contributed by atoms with Crippen molar-refractivity contribution in [1.29, 1.82) is 0 Å². The molecule has 126 valence electrons. The zero-order chi connectivity index (χ0) is 17.7. The number of ether oxygens (including phenoxy) is 1. The third kappa shape index (κ3) is 5.09. The lowest BCUT2D eigenvalue weighted by atomic mass is 10.1. The van der Waals surface area contributed by atoms with Gasteiger partial charge in [0.05, 0.1) is 16.5 Å². The summed E-state index contributed by atoms with van der Waals surface area (Å²) in [5.74, 6) is -0.986. The molecular weight excluding hydrogens is 375 g/mol. The largest absolute Gasteiger partial charge is 0.452 e. The molecule has 1 aromatic heterocycles. The molecule has 0 unspecified atom stereocenters. The van der Waals surface area contributed by atoms with Gasteiger partial charge in [-0.3, -0.25) is 9.59 Å². The zero-order valence-electron chi connectivity index (χ0n) is 12.6. The molecule has 2 rings (SSSR count). The standard InChI is InChI=1S/C16H13Cl3N2O3/c1-9(16(23)21-15-13(19)7-11(17)8-20-15)24-14(22)6-10-4-2-3-5-12(10)18/h2-5,7-9H,6H2,1H3,(H,20,21,23)/t9-/m0/s1. The fourth-order valence-corrected chi connectivity index (χ4v) is 2.44. The average Bonchev–Trinajstić information content (AvgIpc) is 2.52. The Kier molecular flexibility index (Phi) is 6.43. The minimum absolute atomic E-state index is 0.0305. The minimum Gasteiger partial charge on any atom is -0.452 e. The third-order valence-electron chi connectivity index (χ3n) is 3.02. The topological polar surface area (TPSA) is 68.3 Å². The van der Waals surface area contributed by atoms with Gasteiger partial charge in [0.1, 0.15) is 0 Å². The number of halogens is 3. The van der Waals surface area contributed by atoms with Gasteiger partial charge in [-0.1, -0.05) is 53.0 Å². The molecule has 1 heterocycles. The molecule has 1 N–H and O–H groups in total. The van der Waals surface area contributed by atoms with Crippen LogP contribution in [0.1, 0.15) is 12.5 Å². The van der Waals surface area contributed by atoms with Crippen LogP contribution in [0.3, 0.4) is 0 Å². The summed E-state index contributed by atoms with van der Waals surface area (Å²) in [5, 5.41) is 3.47. The molecule has 2 aromatic rings. The summed E-state index contributed by atoms with van der Waals surface area (Å²) < 4.78 is 5.10. The van der Waals surface area contributed by atoms with Crippen molar-refractivity contribution in [2.24, 2.45) is 0 Å². The second-order valence-electron chi connectivity index (χ2n) is 4.87. The van der Waals surface area contributed by atoms with Gasteiger partial charge in [-0.05, 0) is 24.6 Å². The van der Waals surface area contributed by atoms with Crippen molar-refractivity contribution in [3.8, 4) is 0 Å². The van der Waals surface area contributed by atoms with Crippen LogP contribution in [-0.2, 0) is 20.7 Å². The van der Waals surface area contributed by atoms with Gasteiger partial charge < -0.3 is 10.1 Å². The Morgan fingerprint density at radius 2 is 1.92 bits per heavy atom. The third-order valence-corrected chi connectivity index (χ3v) is 3.88. The molecule has 1 atom stereocenters. The van der Waals surface area contributed by atoms with E-state index in [1.165, 1.54) is 19.2 Å². The summed E-state index contributed by atoms with van der Waals surface area (Å²) in [6, 6.07) is 8.36. The molecule has 0 spiro atoms. The lowest BCUT2D eigenvalue weighted by Gasteiger charge is -2.14. The summed E-state index contributed by atoms with van der Waals surface area (Å²) in [4.78, 5) is 27.9. The van der Waals surface area contributed by atoms with Gasteiger partial charge in [0.2, 0.25) is 0 Å². The average molecular weight is 388 g/mol. The Hall–Kier alpha value is -1.82. The van der Waals surface area contributed by atoms with E-state index < -0.39 is 18.0 Å². The quantitative estimate of drug-likeness (QED) is 0.782. The van der Waals surface area contributed by atoms with Crippen LogP contribution in [0.4, 0.5) is 5.82 Å². The van der Waals surface area contributed by atoms with Crippen molar-refractivity contribution in [1.82, 2.24) is 4.98 Å². The second-order valence-corrected chi connectivity index (χ2v) is 6.12. The van der Waals surface area contributed by atoms with Gasteiger partial charge in [-0.25, -0.2) is 4.98 Å². The zero-order valence-corrected chi connectivity index (χ0v) is 14.8. The van der Waals surface area contributed by atoms with Crippen molar-refractivity contribution < 1.29 is 14.3 Å². The van der Waals surface area contributed by atoms with Crippen LogP contribution >= 0.6 is 34.8 Å². The van der Waals surface area contributed by atoms with E-state index in [2.05, 4.69) is 10.3 Å². The highest BCUT2D eigenvalue weighted by Crippen LogP contribution is 2.22. The first-order valence-corrected chi connectivity index (χ1v) is 8.05. The van der Waals surface area contributed by atoms with Gasteiger partial charge in [0.15, 0.2) is 11.9 Å². The van der Waals surface area contributed by atoms with Gasteiger partial charge in [-0.2, -0.15) is 0 Å². The molecular formula is C16H13Cl3N2O3. The number of aromatic nitrogens is 1. The van der Waals surface area contributed by atoms with Crippen molar-refractivity contribution >= 4 is 52.5 Å². The Morgan fingerprint density at radius 1 is 1.21 bits per heavy atom. The maximum atomic E-state index is 12.1. The van der Waals surface area contributed by atoms with Gasteiger partial charge >= 0.3 is 5.97 Å². The Morgan fingerprint density at radius 3 is 2.58 bits per heavy atom. The number of esters is 1. The van der Waals surface area contributed by atoms with E-state index in [0.717, 1.165) is 0 Å². The van der Waals surface area contributed by atoms with Crippen LogP contribution in [0.2, 0.25) is 15.1 Å². The lowest BCUT2D eigenvalue weighted by Crippen LogP contribution is -2.30. The monoisotopic (exact) mass is 386 g/mol. The number of carbonyl (C=O) groups excluding carboxylic acids is 2. The molecule has 0 radical (unpaired) electrons. The van der Waals surface area contributed by atoms with E-state index in [1.54, 1.807) is 24.3 Å². The summed E-state index contributed by atoms with van der Waals surface area (Å²) in [5.41, 5.74) is 0.624. The SMILES string of the molecule is C[C@H](OC(=O)Cc1ccccc1Cl)C(=O)Nc1ncc(Cl)cc1Cl. The van der Waals surface area contributed by atoms with Crippen LogP contribution < -0.4 is 5.32 Å². The number of benzene rings is 1. The van der Waals surface area contributed by atoms with E-state index in [-0.39, 0.29) is 17.3 Å². The molecule has 8 heteroatoms. The number of pyridine rings is 1. The highest BCUT2D eigenvalue weighted by atomic mass is 35.5. The molecule has 5 nitrogen and oxygen atoms in total. The number of hydrogen-bond donors (Lipinski definition) is 1. The van der Waals surface area contributed by atoms with Crippen LogP contribution in [0.15, 0.2) is 36.5 Å². The van der Waals surface area contributed by atoms with E-state index >= 15 is 0 Å². The van der Waals surface area contributed by atoms with Crippen LogP contribution in [0.5, 0.6) is 0 Å². The number of rotatable bonds is 5. The maximum absolute atomic E-state index is 12.1. The molecule has 0 aliphatic heterocycles. The highest BCUT2D eigenvalue weighted by Gasteiger charge is 2.20. The summed E-state index contributed by atoms with van der Waals surface area (Å²) in [6.45, 7) is 1.45. The Bertz CT molecular complexity index is 768. The van der Waals surface area contributed by atoms with Gasteiger partial charge in [0.25, 0.3) is 5.91 Å². The van der Waals surface area contributed by atoms with Crippen molar-refractivity contribution in [3.63, 3.8) is 0 Å². The Balaban J connectivity index is 1.93. The first-order chi connectivity index (χ1) is 11.4. The minimum atomic E-state index is -1.02. The molecule has 0 aliphatic carbocycles. The van der Waals surface area contributed by atoms with E-state index in [0.29, 0.717) is 15.6 Å². The first-order valence-electron chi connectivity index (χ1n) is 6.91. The van der Waals surface area contributed by atoms with Gasteiger partial charge in [-0.15, -0.1) is 0 Å². The van der Waals surface area contributed by atoms with Crippen molar-refractivity contribution in [2.45, 2.75) is 19.4 Å². The molecule has 0 fully saturated rings. The molecule has 0 saturated heterocycles. The fourth-order valence-electron chi connectivity index (χ4n) is 1.81. The molecule has 1 amide bonds. The van der Waals surface area contributed by atoms with Crippen molar-refractivity contribution in [3.05, 3.63) is 57.2 Å². The van der Waals surface area contributed by atoms with E-state index in [4.69, 9.17) is 39.5 Å². The number of anilines is 1. The molecule has 24 heavy (non-hydrogen) atoms. The van der Waals surface area contributed by atoms with E-state index in [1.807, 2.05) is 0 Å². The lowest BCUT2D eigenvalue weighted by molar-refractivity contribution is -0.152. The summed E-state index contributed by atoms with van der Waals surface area (Å²) in [7, 11) is 0. The number of nitrogens with one attached hydrogen (secondary N) is 1. The van der Waals surface area contributed by atoms with Crippen LogP contribution in [-0.4, -0.2) is 23.0 Å². The molecule has 0 saturated carbocycles. The highest BCUT2D eigenvalue weighted by molar-refractivity contribution is 6.36. The smallest absolute Gasteiger partial charge is 0.311 e. The fraction of sp³-hybridized carbons (Fsp3) is 0.188. The van der Waals surface area contributed by atoms with Crippen LogP contribution in [0, 0.1) is 0 Å².